The van der Waals surface area contributed by atoms with Crippen molar-refractivity contribution in [3.8, 4) is 0 Å². The third kappa shape index (κ3) is 0.459. The zero-order valence-corrected chi connectivity index (χ0v) is 4.98. The quantitative estimate of drug-likeness (QED) is 0.445. The molecule has 0 N–H and O–H groups in total. The average Bonchev–Trinajstić information content (AvgIpc) is 1.72. The summed E-state index contributed by atoms with van der Waals surface area (Å²) in [4.78, 5) is 0. The van der Waals surface area contributed by atoms with Crippen LogP contribution in [0.25, 0.3) is 0 Å². The maximum absolute atomic E-state index is 2.39. The summed E-state index contributed by atoms with van der Waals surface area (Å²) >= 11 is 0. The molecule has 0 aromatic rings. The highest BCUT2D eigenvalue weighted by Crippen LogP contribution is 2.35. The zero-order chi connectivity index (χ0) is 5.40. The Labute approximate surface area is 49.9 Å². The molecule has 2 rings (SSSR count). The van der Waals surface area contributed by atoms with Gasteiger partial charge in [0.2, 0.25) is 0 Å². The van der Waals surface area contributed by atoms with Crippen molar-refractivity contribution < 1.29 is 0 Å². The molecular formula is C8H10. The van der Waals surface area contributed by atoms with Crippen LogP contribution in [0.15, 0.2) is 23.3 Å². The maximum Gasteiger partial charge on any atom is -0.0239 e. The van der Waals surface area contributed by atoms with Gasteiger partial charge in [-0.1, -0.05) is 12.2 Å². The van der Waals surface area contributed by atoms with Crippen LogP contribution >= 0.6 is 0 Å². The molecular weight excluding hydrogens is 96.1 g/mol. The third-order valence-electron chi connectivity index (χ3n) is 2.02. The van der Waals surface area contributed by atoms with Gasteiger partial charge >= 0.3 is 0 Å². The van der Waals surface area contributed by atoms with Gasteiger partial charge in [-0.2, -0.15) is 0 Å². The summed E-state index contributed by atoms with van der Waals surface area (Å²) in [6.45, 7) is 0. The molecule has 0 heterocycles. The van der Waals surface area contributed by atoms with E-state index in [9.17, 15) is 0 Å². The van der Waals surface area contributed by atoms with E-state index in [-0.39, 0.29) is 0 Å². The molecule has 0 bridgehead atoms. The topological polar surface area (TPSA) is 0 Å². The molecule has 2 aliphatic carbocycles. The molecule has 42 valence electrons. The highest BCUT2D eigenvalue weighted by atomic mass is 14.2. The Bertz CT molecular complexity index is 141. The molecule has 0 aromatic heterocycles. The number of fused-ring (bicyclic) bond motifs is 1. The molecule has 0 amide bonds. The van der Waals surface area contributed by atoms with Crippen LogP contribution in [0.3, 0.4) is 0 Å². The van der Waals surface area contributed by atoms with Crippen molar-refractivity contribution in [2.75, 3.05) is 0 Å². The minimum Gasteiger partial charge on any atom is -0.0807 e. The predicted octanol–water partition coefficient (Wildman–Crippen LogP) is 2.43. The molecule has 1 fully saturated rings. The molecule has 0 heteroatoms. The van der Waals surface area contributed by atoms with Gasteiger partial charge in [0.1, 0.15) is 0 Å². The van der Waals surface area contributed by atoms with Crippen LogP contribution in [0.5, 0.6) is 0 Å². The molecule has 0 atom stereocenters. The number of hydrogen-bond donors (Lipinski definition) is 0. The van der Waals surface area contributed by atoms with E-state index < -0.39 is 0 Å². The van der Waals surface area contributed by atoms with Gasteiger partial charge in [-0.25, -0.2) is 0 Å². The van der Waals surface area contributed by atoms with Crippen molar-refractivity contribution in [3.05, 3.63) is 23.3 Å². The predicted molar refractivity (Wildman–Crippen MR) is 34.6 cm³/mol. The van der Waals surface area contributed by atoms with Gasteiger partial charge in [-0.15, -0.1) is 0 Å². The normalized spacial score (nSPS) is 25.0. The lowest BCUT2D eigenvalue weighted by atomic mass is 9.81. The first-order valence-corrected chi connectivity index (χ1v) is 3.35. The first kappa shape index (κ1) is 4.37. The summed E-state index contributed by atoms with van der Waals surface area (Å²) in [6.07, 6.45) is 10.1. The van der Waals surface area contributed by atoms with Gasteiger partial charge in [-0.05, 0) is 36.8 Å². The van der Waals surface area contributed by atoms with Gasteiger partial charge in [0.15, 0.2) is 0 Å². The Hall–Kier alpha value is -0.520. The molecule has 2 aliphatic rings. The molecule has 0 aliphatic heterocycles. The van der Waals surface area contributed by atoms with Gasteiger partial charge in [0, 0.05) is 0 Å². The van der Waals surface area contributed by atoms with Crippen molar-refractivity contribution in [1.82, 2.24) is 0 Å². The van der Waals surface area contributed by atoms with E-state index in [0.717, 1.165) is 0 Å². The van der Waals surface area contributed by atoms with Gasteiger partial charge in [-0.3, -0.25) is 0 Å². The Kier molecular flexibility index (Phi) is 0.806. The van der Waals surface area contributed by atoms with Crippen LogP contribution < -0.4 is 0 Å². The summed E-state index contributed by atoms with van der Waals surface area (Å²) in [5, 5.41) is 0. The summed E-state index contributed by atoms with van der Waals surface area (Å²) < 4.78 is 0. The molecule has 0 aromatic carbocycles. The number of allylic oxidation sites excluding steroid dienone is 4. The Morgan fingerprint density at radius 3 is 1.62 bits per heavy atom. The second-order valence-corrected chi connectivity index (χ2v) is 2.54. The minimum absolute atomic E-state index is 1.29. The van der Waals surface area contributed by atoms with Crippen LogP contribution in [0, 0.1) is 0 Å². The second-order valence-electron chi connectivity index (χ2n) is 2.54. The van der Waals surface area contributed by atoms with Crippen molar-refractivity contribution in [2.45, 2.75) is 25.7 Å². The smallest absolute Gasteiger partial charge is 0.0239 e. The summed E-state index contributed by atoms with van der Waals surface area (Å²) in [7, 11) is 0. The van der Waals surface area contributed by atoms with Crippen LogP contribution in [0.4, 0.5) is 0 Å². The van der Waals surface area contributed by atoms with Crippen LogP contribution in [0.1, 0.15) is 25.7 Å². The Morgan fingerprint density at radius 1 is 0.875 bits per heavy atom. The summed E-state index contributed by atoms with van der Waals surface area (Å²) in [6, 6.07) is 0. The summed E-state index contributed by atoms with van der Waals surface area (Å²) in [5.74, 6) is 0. The fourth-order valence-corrected chi connectivity index (χ4v) is 1.40. The van der Waals surface area contributed by atoms with E-state index in [4.69, 9.17) is 0 Å². The Morgan fingerprint density at radius 2 is 1.38 bits per heavy atom. The van der Waals surface area contributed by atoms with Gasteiger partial charge in [0.25, 0.3) is 0 Å². The first-order chi connectivity index (χ1) is 3.97. The van der Waals surface area contributed by atoms with Crippen LogP contribution in [-0.2, 0) is 0 Å². The van der Waals surface area contributed by atoms with Crippen LogP contribution in [0.2, 0.25) is 0 Å². The lowest BCUT2D eigenvalue weighted by Crippen LogP contribution is -2.05. The summed E-state index contributed by atoms with van der Waals surface area (Å²) in [5.41, 5.74) is 3.27. The monoisotopic (exact) mass is 106 g/mol. The molecule has 0 saturated heterocycles. The average molecular weight is 106 g/mol. The molecule has 0 radical (unpaired) electrons. The lowest BCUT2D eigenvalue weighted by molar-refractivity contribution is 0.776. The van der Waals surface area contributed by atoms with Gasteiger partial charge in [0.05, 0.1) is 0 Å². The van der Waals surface area contributed by atoms with Crippen LogP contribution in [-0.4, -0.2) is 0 Å². The fourth-order valence-electron chi connectivity index (χ4n) is 1.40. The molecule has 0 nitrogen and oxygen atoms in total. The molecule has 8 heavy (non-hydrogen) atoms. The Balaban J connectivity index is 2.29. The highest BCUT2D eigenvalue weighted by molar-refractivity contribution is 5.41. The first-order valence-electron chi connectivity index (χ1n) is 3.35. The largest absolute Gasteiger partial charge is 0.0807 e. The van der Waals surface area contributed by atoms with Crippen molar-refractivity contribution in [3.63, 3.8) is 0 Å². The fraction of sp³-hybridized carbons (Fsp3) is 0.500. The molecule has 1 saturated carbocycles. The van der Waals surface area contributed by atoms with E-state index in [0.29, 0.717) is 0 Å². The second kappa shape index (κ2) is 1.48. The maximum atomic E-state index is 2.39. The van der Waals surface area contributed by atoms with Crippen molar-refractivity contribution >= 4 is 0 Å². The van der Waals surface area contributed by atoms with E-state index in [1.807, 2.05) is 0 Å². The third-order valence-corrected chi connectivity index (χ3v) is 2.02. The zero-order valence-electron chi connectivity index (χ0n) is 4.98. The SMILES string of the molecule is C1=C2CCC2=CCC1. The molecule has 0 unspecified atom stereocenters. The van der Waals surface area contributed by atoms with Crippen molar-refractivity contribution in [1.29, 1.82) is 0 Å². The van der Waals surface area contributed by atoms with Gasteiger partial charge < -0.3 is 0 Å². The number of hydrogen-bond acceptors (Lipinski definition) is 0. The highest BCUT2D eigenvalue weighted by Gasteiger charge is 2.16. The van der Waals surface area contributed by atoms with E-state index in [1.54, 1.807) is 11.1 Å². The molecule has 0 spiro atoms. The van der Waals surface area contributed by atoms with E-state index in [1.165, 1.54) is 25.7 Å². The van der Waals surface area contributed by atoms with E-state index in [2.05, 4.69) is 12.2 Å². The standard InChI is InChI=1S/C8H10/c1-2-4-8-6-5-7(8)3-1/h3-4H,1-2,5-6H2. The minimum atomic E-state index is 1.29. The van der Waals surface area contributed by atoms with Crippen molar-refractivity contribution in [2.24, 2.45) is 0 Å². The van der Waals surface area contributed by atoms with E-state index >= 15 is 0 Å². The number of rotatable bonds is 0. The lowest BCUT2D eigenvalue weighted by Gasteiger charge is -2.24.